The molecule has 0 saturated heterocycles. The van der Waals surface area contributed by atoms with Crippen LogP contribution in [0.4, 0.5) is 4.39 Å². The van der Waals surface area contributed by atoms with Gasteiger partial charge in [-0.05, 0) is 55.4 Å². The van der Waals surface area contributed by atoms with Gasteiger partial charge < -0.3 is 15.6 Å². The number of imidazole rings is 1. The minimum atomic E-state index is -0.316. The third kappa shape index (κ3) is 8.84. The van der Waals surface area contributed by atoms with Gasteiger partial charge in [-0.1, -0.05) is 33.1 Å². The molecule has 3 aromatic heterocycles. The number of aryl methyl sites for hydroxylation is 1. The number of likely N-dealkylation sites (N-methyl/N-ethyl adjacent to an activating group) is 1. The van der Waals surface area contributed by atoms with Gasteiger partial charge in [-0.25, -0.2) is 9.37 Å². The number of nitrogens with one attached hydrogen (secondary N) is 3. The normalized spacial score (nSPS) is 10.8. The molecule has 1 aromatic carbocycles. The van der Waals surface area contributed by atoms with Crippen LogP contribution in [0.2, 0.25) is 0 Å². The summed E-state index contributed by atoms with van der Waals surface area (Å²) in [5, 5.41) is 10.5. The van der Waals surface area contributed by atoms with Gasteiger partial charge in [-0.3, -0.25) is 9.67 Å². The summed E-state index contributed by atoms with van der Waals surface area (Å²) in [6.45, 7) is 27.1. The van der Waals surface area contributed by atoms with Crippen molar-refractivity contribution in [3.8, 4) is 11.3 Å². The summed E-state index contributed by atoms with van der Waals surface area (Å²) in [5.74, 6) is 0.258. The molecule has 0 unspecified atom stereocenters. The fourth-order valence-corrected chi connectivity index (χ4v) is 3.95. The van der Waals surface area contributed by atoms with Gasteiger partial charge in [0.05, 0.1) is 17.4 Å². The molecule has 0 fully saturated rings. The molecule has 4 rings (SSSR count). The van der Waals surface area contributed by atoms with Gasteiger partial charge in [-0.15, -0.1) is 26.3 Å². The number of pyridine rings is 1. The van der Waals surface area contributed by atoms with Gasteiger partial charge in [0.1, 0.15) is 17.2 Å². The van der Waals surface area contributed by atoms with Crippen LogP contribution in [-0.4, -0.2) is 38.8 Å². The van der Waals surface area contributed by atoms with Crippen LogP contribution in [0.25, 0.3) is 33.4 Å². The van der Waals surface area contributed by atoms with Crippen LogP contribution in [0, 0.1) is 5.82 Å². The van der Waals surface area contributed by atoms with E-state index in [1.807, 2.05) is 78.6 Å². The predicted molar refractivity (Wildman–Crippen MR) is 178 cm³/mol. The molecule has 0 spiro atoms. The van der Waals surface area contributed by atoms with E-state index in [0.29, 0.717) is 40.3 Å². The number of allylic oxidation sites excluding steroid dienone is 4. The van der Waals surface area contributed by atoms with E-state index in [1.54, 1.807) is 10.9 Å². The number of nitrogens with zero attached hydrogens (tertiary/aromatic N) is 4. The molecular weight excluding hydrogens is 525 g/mol. The highest BCUT2D eigenvalue weighted by molar-refractivity contribution is 5.92. The lowest BCUT2D eigenvalue weighted by Gasteiger charge is -2.11. The quantitative estimate of drug-likeness (QED) is 0.143. The van der Waals surface area contributed by atoms with Crippen molar-refractivity contribution in [2.75, 3.05) is 14.1 Å². The van der Waals surface area contributed by atoms with Crippen LogP contribution in [0.5, 0.6) is 0 Å². The maximum atomic E-state index is 14.3. The lowest BCUT2D eigenvalue weighted by molar-refractivity contribution is 0.624. The SMILES string of the molecule is C=C.C=C.C=C(C(=C)c1nc2c(-c3cc(F)cc(CNC)c3)nccc2[nH]1)/C(=C\C=C(/C)c1cnn(C)c1)NC.CC. The van der Waals surface area contributed by atoms with Crippen LogP contribution in [-0.2, 0) is 13.6 Å². The first-order chi connectivity index (χ1) is 20.3. The minimum Gasteiger partial charge on any atom is -0.388 e. The first-order valence-corrected chi connectivity index (χ1v) is 13.5. The molecule has 0 aliphatic rings. The van der Waals surface area contributed by atoms with Gasteiger partial charge in [0.25, 0.3) is 0 Å². The van der Waals surface area contributed by atoms with Crippen molar-refractivity contribution in [2.24, 2.45) is 7.05 Å². The van der Waals surface area contributed by atoms with Crippen molar-refractivity contribution in [1.82, 2.24) is 35.4 Å². The summed E-state index contributed by atoms with van der Waals surface area (Å²) in [7, 11) is 5.55. The van der Waals surface area contributed by atoms with Crippen LogP contribution in [0.15, 0.2) is 106 Å². The Morgan fingerprint density at radius 2 is 1.76 bits per heavy atom. The zero-order chi connectivity index (χ0) is 31.8. The number of fused-ring (bicyclic) bond motifs is 1. The third-order valence-electron chi connectivity index (χ3n) is 5.92. The molecule has 0 radical (unpaired) electrons. The largest absolute Gasteiger partial charge is 0.388 e. The fraction of sp³-hybridized carbons (Fsp3) is 0.206. The number of aromatic nitrogens is 5. The Morgan fingerprint density at radius 3 is 2.36 bits per heavy atom. The molecule has 0 aliphatic carbocycles. The highest BCUT2D eigenvalue weighted by atomic mass is 19.1. The van der Waals surface area contributed by atoms with Crippen LogP contribution in [0.1, 0.15) is 37.7 Å². The smallest absolute Gasteiger partial charge is 0.138 e. The second-order valence-corrected chi connectivity index (χ2v) is 8.56. The first kappa shape index (κ1) is 35.2. The minimum absolute atomic E-state index is 0.316. The Hall–Kier alpha value is -4.82. The summed E-state index contributed by atoms with van der Waals surface area (Å²) in [6.07, 6.45) is 9.45. The molecule has 0 aliphatic heterocycles. The summed E-state index contributed by atoms with van der Waals surface area (Å²) >= 11 is 0. The fourth-order valence-electron chi connectivity index (χ4n) is 3.95. The molecule has 8 heteroatoms. The van der Waals surface area contributed by atoms with Crippen molar-refractivity contribution >= 4 is 22.2 Å². The standard InChI is InChI=1S/C28H30FN7.C2H6.2C2H4/c1-17(22-15-33-36(6)16-22)7-8-24(31-5)18(2)19(3)28-34-25-9-10-32-26(27(25)35-28)21-11-20(14-30-4)12-23(29)13-21;3*1-2/h7-13,15-16,30-31H,2-3,14H2,1,4-6H3,(H,34,35);1-2H3;2*1-2H2/b17-7+,24-8+;;;. The number of halogens is 1. The van der Waals surface area contributed by atoms with E-state index in [4.69, 9.17) is 4.98 Å². The number of H-pyrrole nitrogens is 1. The maximum absolute atomic E-state index is 14.3. The van der Waals surface area contributed by atoms with Gasteiger partial charge >= 0.3 is 0 Å². The van der Waals surface area contributed by atoms with Crippen LogP contribution < -0.4 is 10.6 Å². The maximum Gasteiger partial charge on any atom is 0.138 e. The summed E-state index contributed by atoms with van der Waals surface area (Å²) in [4.78, 5) is 12.6. The van der Waals surface area contributed by atoms with E-state index < -0.39 is 0 Å². The zero-order valence-corrected chi connectivity index (χ0v) is 25.8. The van der Waals surface area contributed by atoms with Gasteiger partial charge in [0.15, 0.2) is 0 Å². The molecule has 4 aromatic rings. The van der Waals surface area contributed by atoms with Gasteiger partial charge in [0, 0.05) is 61.0 Å². The lowest BCUT2D eigenvalue weighted by atomic mass is 10.0. The lowest BCUT2D eigenvalue weighted by Crippen LogP contribution is -2.09. The average molecular weight is 570 g/mol. The number of aromatic amines is 1. The van der Waals surface area contributed by atoms with Crippen molar-refractivity contribution in [1.29, 1.82) is 0 Å². The van der Waals surface area contributed by atoms with E-state index in [1.165, 1.54) is 12.1 Å². The molecular formula is C34H44FN7. The van der Waals surface area contributed by atoms with Crippen molar-refractivity contribution in [3.05, 3.63) is 129 Å². The second kappa shape index (κ2) is 17.8. The van der Waals surface area contributed by atoms with Crippen molar-refractivity contribution < 1.29 is 4.39 Å². The molecule has 222 valence electrons. The van der Waals surface area contributed by atoms with Crippen molar-refractivity contribution in [3.63, 3.8) is 0 Å². The molecule has 42 heavy (non-hydrogen) atoms. The van der Waals surface area contributed by atoms with E-state index >= 15 is 0 Å². The zero-order valence-electron chi connectivity index (χ0n) is 25.8. The summed E-state index contributed by atoms with van der Waals surface area (Å²) < 4.78 is 16.1. The first-order valence-electron chi connectivity index (χ1n) is 13.5. The van der Waals surface area contributed by atoms with Gasteiger partial charge in [0.2, 0.25) is 0 Å². The summed E-state index contributed by atoms with van der Waals surface area (Å²) in [5.41, 5.74) is 7.79. The van der Waals surface area contributed by atoms with E-state index in [-0.39, 0.29) is 5.82 Å². The number of benzene rings is 1. The van der Waals surface area contributed by atoms with E-state index in [2.05, 4.69) is 65.2 Å². The molecule has 0 atom stereocenters. The molecule has 7 nitrogen and oxygen atoms in total. The Morgan fingerprint density at radius 1 is 1.07 bits per heavy atom. The van der Waals surface area contributed by atoms with Crippen LogP contribution >= 0.6 is 0 Å². The van der Waals surface area contributed by atoms with Crippen LogP contribution in [0.3, 0.4) is 0 Å². The highest BCUT2D eigenvalue weighted by Crippen LogP contribution is 2.30. The molecule has 3 heterocycles. The van der Waals surface area contributed by atoms with Gasteiger partial charge in [-0.2, -0.15) is 5.10 Å². The predicted octanol–water partition coefficient (Wildman–Crippen LogP) is 7.62. The third-order valence-corrected chi connectivity index (χ3v) is 5.92. The number of hydrogen-bond donors (Lipinski definition) is 3. The molecule has 0 amide bonds. The average Bonchev–Trinajstić information content (AvgIpc) is 3.66. The topological polar surface area (TPSA) is 83.5 Å². The summed E-state index contributed by atoms with van der Waals surface area (Å²) in [6, 6.07) is 6.75. The molecule has 0 bridgehead atoms. The Labute approximate surface area is 250 Å². The molecule has 3 N–H and O–H groups in total. The second-order valence-electron chi connectivity index (χ2n) is 8.56. The Kier molecular flexibility index (Phi) is 14.9. The van der Waals surface area contributed by atoms with E-state index in [9.17, 15) is 4.39 Å². The van der Waals surface area contributed by atoms with Crippen molar-refractivity contribution in [2.45, 2.75) is 27.3 Å². The number of rotatable bonds is 9. The Balaban J connectivity index is 0.00000138. The molecule has 0 saturated carbocycles. The Bertz CT molecular complexity index is 1540. The monoisotopic (exact) mass is 569 g/mol. The van der Waals surface area contributed by atoms with E-state index in [0.717, 1.165) is 27.9 Å². The number of hydrogen-bond acceptors (Lipinski definition) is 5. The highest BCUT2D eigenvalue weighted by Gasteiger charge is 2.16.